The Kier molecular flexibility index (Phi) is 2.85. The molecule has 2 heterocycles. The van der Waals surface area contributed by atoms with Crippen molar-refractivity contribution in [1.29, 1.82) is 0 Å². The zero-order chi connectivity index (χ0) is 11.7. The number of hydrogen-bond acceptors (Lipinski definition) is 2. The van der Waals surface area contributed by atoms with E-state index in [1.54, 1.807) is 6.33 Å². The maximum absolute atomic E-state index is 10.5. The van der Waals surface area contributed by atoms with Gasteiger partial charge in [0.15, 0.2) is 0 Å². The lowest BCUT2D eigenvalue weighted by atomic mass is 9.84. The number of imidazole rings is 1. The molecule has 2 aromatic heterocycles. The van der Waals surface area contributed by atoms with Crippen molar-refractivity contribution in [3.05, 3.63) is 36.4 Å². The molecule has 2 aromatic rings. The molecule has 0 spiro atoms. The molecule has 0 aromatic carbocycles. The number of aliphatic hydroxyl groups excluding tert-OH is 1. The van der Waals surface area contributed by atoms with Crippen LogP contribution in [-0.4, -0.2) is 14.5 Å². The van der Waals surface area contributed by atoms with Crippen molar-refractivity contribution < 1.29 is 5.11 Å². The van der Waals surface area contributed by atoms with E-state index in [-0.39, 0.29) is 6.10 Å². The molecule has 0 bridgehead atoms. The summed E-state index contributed by atoms with van der Waals surface area (Å²) in [6.07, 6.45) is 9.38. The number of rotatable bonds is 2. The van der Waals surface area contributed by atoms with Crippen LogP contribution in [0.2, 0.25) is 0 Å². The van der Waals surface area contributed by atoms with Crippen LogP contribution >= 0.6 is 0 Å². The minimum Gasteiger partial charge on any atom is -0.387 e. The first-order chi connectivity index (χ1) is 8.36. The number of hydrogen-bond donors (Lipinski definition) is 1. The van der Waals surface area contributed by atoms with Crippen LogP contribution in [0.1, 0.15) is 43.9 Å². The highest BCUT2D eigenvalue weighted by atomic mass is 16.3. The number of aromatic nitrogens is 2. The van der Waals surface area contributed by atoms with Gasteiger partial charge < -0.3 is 9.51 Å². The van der Waals surface area contributed by atoms with Crippen LogP contribution in [0, 0.1) is 5.92 Å². The number of aliphatic hydroxyl groups is 1. The number of nitrogens with zero attached hydrogens (tertiary/aromatic N) is 2. The summed E-state index contributed by atoms with van der Waals surface area (Å²) < 4.78 is 2.00. The third-order valence-corrected chi connectivity index (χ3v) is 3.88. The van der Waals surface area contributed by atoms with E-state index in [1.807, 2.05) is 28.8 Å². The fourth-order valence-corrected chi connectivity index (χ4v) is 2.90. The molecule has 0 saturated heterocycles. The summed E-state index contributed by atoms with van der Waals surface area (Å²) in [5.74, 6) is 0.414. The summed E-state index contributed by atoms with van der Waals surface area (Å²) in [6, 6.07) is 6.02. The van der Waals surface area contributed by atoms with E-state index in [0.717, 1.165) is 24.1 Å². The summed E-state index contributed by atoms with van der Waals surface area (Å²) >= 11 is 0. The summed E-state index contributed by atoms with van der Waals surface area (Å²) in [5.41, 5.74) is 2.03. The van der Waals surface area contributed by atoms with E-state index in [1.165, 1.54) is 19.3 Å². The maximum Gasteiger partial charge on any atom is 0.0995 e. The minimum atomic E-state index is -0.354. The first kappa shape index (κ1) is 10.8. The van der Waals surface area contributed by atoms with Crippen LogP contribution in [-0.2, 0) is 0 Å². The van der Waals surface area contributed by atoms with Crippen LogP contribution in [0.3, 0.4) is 0 Å². The molecule has 0 amide bonds. The van der Waals surface area contributed by atoms with Gasteiger partial charge in [-0.1, -0.05) is 25.3 Å². The molecular formula is C14H18N2O. The third-order valence-electron chi connectivity index (χ3n) is 3.88. The van der Waals surface area contributed by atoms with Gasteiger partial charge in [-0.25, -0.2) is 4.98 Å². The topological polar surface area (TPSA) is 37.5 Å². The molecule has 0 unspecified atom stereocenters. The van der Waals surface area contributed by atoms with Gasteiger partial charge in [0, 0.05) is 0 Å². The van der Waals surface area contributed by atoms with Gasteiger partial charge in [0.25, 0.3) is 0 Å². The van der Waals surface area contributed by atoms with Crippen molar-refractivity contribution in [3.8, 4) is 0 Å². The molecule has 1 aliphatic rings. The van der Waals surface area contributed by atoms with Crippen molar-refractivity contribution >= 4 is 5.52 Å². The summed E-state index contributed by atoms with van der Waals surface area (Å²) in [6.45, 7) is 0. The molecule has 0 radical (unpaired) electrons. The first-order valence-electron chi connectivity index (χ1n) is 6.45. The molecule has 1 aliphatic carbocycles. The SMILES string of the molecule is O[C@@H](c1cccc2cncn12)C1CCCCC1. The van der Waals surface area contributed by atoms with Crippen molar-refractivity contribution in [2.45, 2.75) is 38.2 Å². The van der Waals surface area contributed by atoms with E-state index in [2.05, 4.69) is 4.98 Å². The van der Waals surface area contributed by atoms with E-state index in [9.17, 15) is 5.11 Å². The average Bonchev–Trinajstić information content (AvgIpc) is 2.87. The molecule has 1 atom stereocenters. The summed E-state index contributed by atoms with van der Waals surface area (Å²) in [4.78, 5) is 4.14. The molecule has 0 aliphatic heterocycles. The highest BCUT2D eigenvalue weighted by molar-refractivity contribution is 5.46. The van der Waals surface area contributed by atoms with Gasteiger partial charge in [0.2, 0.25) is 0 Å². The first-order valence-corrected chi connectivity index (χ1v) is 6.45. The second kappa shape index (κ2) is 4.49. The monoisotopic (exact) mass is 230 g/mol. The molecular weight excluding hydrogens is 212 g/mol. The lowest BCUT2D eigenvalue weighted by Crippen LogP contribution is -2.18. The second-order valence-electron chi connectivity index (χ2n) is 4.98. The van der Waals surface area contributed by atoms with Gasteiger partial charge in [0.05, 0.1) is 29.8 Å². The molecule has 1 saturated carbocycles. The van der Waals surface area contributed by atoms with Crippen molar-refractivity contribution in [2.75, 3.05) is 0 Å². The van der Waals surface area contributed by atoms with Crippen LogP contribution in [0.4, 0.5) is 0 Å². The molecule has 1 fully saturated rings. The van der Waals surface area contributed by atoms with Crippen LogP contribution in [0.25, 0.3) is 5.52 Å². The van der Waals surface area contributed by atoms with Crippen molar-refractivity contribution in [3.63, 3.8) is 0 Å². The molecule has 1 N–H and O–H groups in total. The lowest BCUT2D eigenvalue weighted by molar-refractivity contribution is 0.0801. The largest absolute Gasteiger partial charge is 0.387 e. The smallest absolute Gasteiger partial charge is 0.0995 e. The molecule has 3 heteroatoms. The van der Waals surface area contributed by atoms with Gasteiger partial charge in [-0.2, -0.15) is 0 Å². The minimum absolute atomic E-state index is 0.354. The Hall–Kier alpha value is -1.35. The Morgan fingerprint density at radius 3 is 2.88 bits per heavy atom. The standard InChI is InChI=1S/C14H18N2O/c17-14(11-5-2-1-3-6-11)13-8-4-7-12-9-15-10-16(12)13/h4,7-11,14,17H,1-3,5-6H2/t14-/m1/s1. The Labute approximate surface area is 101 Å². The zero-order valence-electron chi connectivity index (χ0n) is 9.92. The predicted octanol–water partition coefficient (Wildman–Crippen LogP) is 2.95. The zero-order valence-corrected chi connectivity index (χ0v) is 9.92. The average molecular weight is 230 g/mol. The van der Waals surface area contributed by atoms with Gasteiger partial charge in [-0.15, -0.1) is 0 Å². The Morgan fingerprint density at radius 2 is 2.06 bits per heavy atom. The van der Waals surface area contributed by atoms with E-state index >= 15 is 0 Å². The quantitative estimate of drug-likeness (QED) is 0.861. The highest BCUT2D eigenvalue weighted by Crippen LogP contribution is 2.34. The molecule has 3 nitrogen and oxygen atoms in total. The predicted molar refractivity (Wildman–Crippen MR) is 66.7 cm³/mol. The van der Waals surface area contributed by atoms with E-state index in [0.29, 0.717) is 5.92 Å². The van der Waals surface area contributed by atoms with Crippen LogP contribution < -0.4 is 0 Å². The summed E-state index contributed by atoms with van der Waals surface area (Å²) in [7, 11) is 0. The Balaban J connectivity index is 1.94. The normalized spacial score (nSPS) is 19.6. The Bertz CT molecular complexity index is 500. The van der Waals surface area contributed by atoms with Gasteiger partial charge in [-0.3, -0.25) is 0 Å². The van der Waals surface area contributed by atoms with Crippen LogP contribution in [0.5, 0.6) is 0 Å². The number of pyridine rings is 1. The highest BCUT2D eigenvalue weighted by Gasteiger charge is 2.24. The maximum atomic E-state index is 10.5. The third kappa shape index (κ3) is 1.95. The van der Waals surface area contributed by atoms with Gasteiger partial charge in [0.1, 0.15) is 0 Å². The van der Waals surface area contributed by atoms with Crippen LogP contribution in [0.15, 0.2) is 30.7 Å². The Morgan fingerprint density at radius 1 is 1.24 bits per heavy atom. The molecule has 90 valence electrons. The summed E-state index contributed by atoms with van der Waals surface area (Å²) in [5, 5.41) is 10.5. The van der Waals surface area contributed by atoms with Crippen molar-refractivity contribution in [2.24, 2.45) is 5.92 Å². The van der Waals surface area contributed by atoms with Gasteiger partial charge >= 0.3 is 0 Å². The number of fused-ring (bicyclic) bond motifs is 1. The fourth-order valence-electron chi connectivity index (χ4n) is 2.90. The van der Waals surface area contributed by atoms with Crippen molar-refractivity contribution in [1.82, 2.24) is 9.38 Å². The molecule has 17 heavy (non-hydrogen) atoms. The lowest BCUT2D eigenvalue weighted by Gasteiger charge is -2.27. The molecule has 3 rings (SSSR count). The van der Waals surface area contributed by atoms with E-state index in [4.69, 9.17) is 0 Å². The fraction of sp³-hybridized carbons (Fsp3) is 0.500. The second-order valence-corrected chi connectivity index (χ2v) is 4.98. The van der Waals surface area contributed by atoms with Gasteiger partial charge in [-0.05, 0) is 30.9 Å². The van der Waals surface area contributed by atoms with E-state index < -0.39 is 0 Å².